The summed E-state index contributed by atoms with van der Waals surface area (Å²) in [6.07, 6.45) is -3.13. The number of alkyl halides is 3. The summed E-state index contributed by atoms with van der Waals surface area (Å²) in [7, 11) is 0. The standard InChI is InChI=1S/C6H4F3N3O/c7-6(8,9)5-11-1-3(2-12-5)4(10)13/h1-2H,(H2,10,13). The molecular weight excluding hydrogens is 187 g/mol. The molecule has 0 atom stereocenters. The number of carbonyl (C=O) groups is 1. The van der Waals surface area contributed by atoms with Crippen molar-refractivity contribution in [1.29, 1.82) is 0 Å². The van der Waals surface area contributed by atoms with Crippen molar-refractivity contribution in [2.45, 2.75) is 6.18 Å². The first-order valence-corrected chi connectivity index (χ1v) is 3.10. The van der Waals surface area contributed by atoms with Gasteiger partial charge in [0.05, 0.1) is 5.56 Å². The van der Waals surface area contributed by atoms with Crippen molar-refractivity contribution in [2.75, 3.05) is 0 Å². The topological polar surface area (TPSA) is 68.9 Å². The van der Waals surface area contributed by atoms with Gasteiger partial charge in [0, 0.05) is 12.4 Å². The molecule has 13 heavy (non-hydrogen) atoms. The molecule has 0 aliphatic heterocycles. The maximum Gasteiger partial charge on any atom is 0.451 e. The van der Waals surface area contributed by atoms with Gasteiger partial charge in [-0.25, -0.2) is 9.97 Å². The Labute approximate surface area is 70.6 Å². The van der Waals surface area contributed by atoms with E-state index in [0.29, 0.717) is 0 Å². The van der Waals surface area contributed by atoms with Crippen LogP contribution in [0.4, 0.5) is 13.2 Å². The van der Waals surface area contributed by atoms with Crippen molar-refractivity contribution >= 4 is 5.91 Å². The minimum absolute atomic E-state index is 0.159. The number of nitrogens with two attached hydrogens (primary N) is 1. The quantitative estimate of drug-likeness (QED) is 0.706. The lowest BCUT2D eigenvalue weighted by molar-refractivity contribution is -0.145. The monoisotopic (exact) mass is 191 g/mol. The molecule has 1 heterocycles. The molecular formula is C6H4F3N3O. The Morgan fingerprint density at radius 1 is 1.31 bits per heavy atom. The molecule has 1 amide bonds. The van der Waals surface area contributed by atoms with Gasteiger partial charge in [0.25, 0.3) is 5.91 Å². The number of carbonyl (C=O) groups excluding carboxylic acids is 1. The summed E-state index contributed by atoms with van der Waals surface area (Å²) in [5.74, 6) is -2.16. The van der Waals surface area contributed by atoms with Gasteiger partial charge in [-0.05, 0) is 0 Å². The van der Waals surface area contributed by atoms with E-state index >= 15 is 0 Å². The molecule has 0 radical (unpaired) electrons. The Morgan fingerprint density at radius 2 is 1.77 bits per heavy atom. The number of halogens is 3. The maximum absolute atomic E-state index is 11.9. The Hall–Kier alpha value is -1.66. The summed E-state index contributed by atoms with van der Waals surface area (Å²) in [6, 6.07) is 0. The number of amides is 1. The summed E-state index contributed by atoms with van der Waals surface area (Å²) in [4.78, 5) is 16.3. The van der Waals surface area contributed by atoms with E-state index in [1.807, 2.05) is 0 Å². The van der Waals surface area contributed by atoms with Crippen LogP contribution in [0.3, 0.4) is 0 Å². The molecule has 0 bridgehead atoms. The lowest BCUT2D eigenvalue weighted by Crippen LogP contribution is -2.15. The third-order valence-electron chi connectivity index (χ3n) is 1.19. The van der Waals surface area contributed by atoms with Gasteiger partial charge < -0.3 is 5.73 Å². The van der Waals surface area contributed by atoms with Gasteiger partial charge in [-0.2, -0.15) is 13.2 Å². The first kappa shape index (κ1) is 9.43. The second-order valence-electron chi connectivity index (χ2n) is 2.16. The van der Waals surface area contributed by atoms with E-state index in [-0.39, 0.29) is 5.56 Å². The maximum atomic E-state index is 11.9. The third kappa shape index (κ3) is 2.14. The van der Waals surface area contributed by atoms with Crippen LogP contribution in [0.2, 0.25) is 0 Å². The highest BCUT2D eigenvalue weighted by atomic mass is 19.4. The van der Waals surface area contributed by atoms with E-state index in [4.69, 9.17) is 5.73 Å². The Kier molecular flexibility index (Phi) is 2.18. The van der Waals surface area contributed by atoms with E-state index in [0.717, 1.165) is 12.4 Å². The predicted molar refractivity (Wildman–Crippen MR) is 35.6 cm³/mol. The third-order valence-corrected chi connectivity index (χ3v) is 1.19. The van der Waals surface area contributed by atoms with Gasteiger partial charge in [0.2, 0.25) is 5.82 Å². The summed E-state index contributed by atoms with van der Waals surface area (Å²) in [6.45, 7) is 0. The largest absolute Gasteiger partial charge is 0.451 e. The Morgan fingerprint density at radius 3 is 2.08 bits per heavy atom. The van der Waals surface area contributed by atoms with Crippen molar-refractivity contribution in [3.63, 3.8) is 0 Å². The number of hydrogen-bond acceptors (Lipinski definition) is 3. The van der Waals surface area contributed by atoms with Crippen molar-refractivity contribution in [3.05, 3.63) is 23.8 Å². The van der Waals surface area contributed by atoms with Gasteiger partial charge in [-0.1, -0.05) is 0 Å². The second-order valence-corrected chi connectivity index (χ2v) is 2.16. The smallest absolute Gasteiger partial charge is 0.366 e. The van der Waals surface area contributed by atoms with Crippen LogP contribution in [0.25, 0.3) is 0 Å². The van der Waals surface area contributed by atoms with Crippen LogP contribution in [0.1, 0.15) is 16.2 Å². The number of rotatable bonds is 1. The van der Waals surface area contributed by atoms with Crippen LogP contribution in [-0.4, -0.2) is 15.9 Å². The highest BCUT2D eigenvalue weighted by Crippen LogP contribution is 2.25. The molecule has 0 aliphatic carbocycles. The molecule has 0 saturated carbocycles. The molecule has 2 N–H and O–H groups in total. The van der Waals surface area contributed by atoms with Crippen LogP contribution in [0.5, 0.6) is 0 Å². The molecule has 1 aromatic rings. The molecule has 0 aromatic carbocycles. The van der Waals surface area contributed by atoms with E-state index in [1.165, 1.54) is 0 Å². The molecule has 1 aromatic heterocycles. The summed E-state index contributed by atoms with van der Waals surface area (Å²) < 4.78 is 35.6. The number of primary amides is 1. The molecule has 0 fully saturated rings. The molecule has 70 valence electrons. The van der Waals surface area contributed by atoms with Crippen molar-refractivity contribution in [1.82, 2.24) is 9.97 Å². The fraction of sp³-hybridized carbons (Fsp3) is 0.167. The fourth-order valence-corrected chi connectivity index (χ4v) is 0.602. The number of hydrogen-bond donors (Lipinski definition) is 1. The molecule has 0 unspecified atom stereocenters. The van der Waals surface area contributed by atoms with Crippen molar-refractivity contribution in [2.24, 2.45) is 5.73 Å². The zero-order chi connectivity index (χ0) is 10.1. The number of aromatic nitrogens is 2. The highest BCUT2D eigenvalue weighted by molar-refractivity contribution is 5.92. The molecule has 1 rings (SSSR count). The van der Waals surface area contributed by atoms with Gasteiger partial charge in [0.1, 0.15) is 0 Å². The number of nitrogens with zero attached hydrogens (tertiary/aromatic N) is 2. The van der Waals surface area contributed by atoms with Crippen molar-refractivity contribution < 1.29 is 18.0 Å². The van der Waals surface area contributed by atoms with Crippen LogP contribution in [-0.2, 0) is 6.18 Å². The minimum Gasteiger partial charge on any atom is -0.366 e. The fourth-order valence-electron chi connectivity index (χ4n) is 0.602. The Balaban J connectivity index is 3.01. The molecule has 0 spiro atoms. The molecule has 4 nitrogen and oxygen atoms in total. The van der Waals surface area contributed by atoms with Gasteiger partial charge in [0.15, 0.2) is 0 Å². The summed E-state index contributed by atoms with van der Waals surface area (Å²) in [5, 5.41) is 0. The highest BCUT2D eigenvalue weighted by Gasteiger charge is 2.34. The molecule has 0 saturated heterocycles. The lowest BCUT2D eigenvalue weighted by atomic mass is 10.3. The SMILES string of the molecule is NC(=O)c1cnc(C(F)(F)F)nc1. The van der Waals surface area contributed by atoms with E-state index in [9.17, 15) is 18.0 Å². The zero-order valence-electron chi connectivity index (χ0n) is 6.17. The first-order valence-electron chi connectivity index (χ1n) is 3.10. The van der Waals surface area contributed by atoms with E-state index in [1.54, 1.807) is 0 Å². The zero-order valence-corrected chi connectivity index (χ0v) is 6.17. The summed E-state index contributed by atoms with van der Waals surface area (Å²) in [5.41, 5.74) is 4.61. The van der Waals surface area contributed by atoms with Crippen LogP contribution >= 0.6 is 0 Å². The minimum atomic E-state index is -4.60. The van der Waals surface area contributed by atoms with E-state index < -0.39 is 17.9 Å². The Bertz CT molecular complexity index is 319. The van der Waals surface area contributed by atoms with Gasteiger partial charge in [-0.3, -0.25) is 4.79 Å². The van der Waals surface area contributed by atoms with Gasteiger partial charge in [-0.15, -0.1) is 0 Å². The molecule has 7 heteroatoms. The average molecular weight is 191 g/mol. The van der Waals surface area contributed by atoms with Crippen LogP contribution < -0.4 is 5.73 Å². The van der Waals surface area contributed by atoms with Crippen LogP contribution in [0.15, 0.2) is 12.4 Å². The predicted octanol–water partition coefficient (Wildman–Crippen LogP) is 0.594. The van der Waals surface area contributed by atoms with E-state index in [2.05, 4.69) is 9.97 Å². The normalized spacial score (nSPS) is 11.3. The molecule has 0 aliphatic rings. The van der Waals surface area contributed by atoms with Crippen molar-refractivity contribution in [3.8, 4) is 0 Å². The second kappa shape index (κ2) is 3.00. The first-order chi connectivity index (χ1) is 5.91. The average Bonchev–Trinajstić information content (AvgIpc) is 2.03. The lowest BCUT2D eigenvalue weighted by Gasteiger charge is -2.03. The van der Waals surface area contributed by atoms with Crippen LogP contribution in [0, 0.1) is 0 Å². The summed E-state index contributed by atoms with van der Waals surface area (Å²) >= 11 is 0. The van der Waals surface area contributed by atoms with Gasteiger partial charge >= 0.3 is 6.18 Å².